The molecule has 1 atom stereocenters. The normalized spacial score (nSPS) is 13.8. The van der Waals surface area contributed by atoms with E-state index in [-0.39, 0.29) is 35.2 Å². The molecule has 3 aromatic carbocycles. The van der Waals surface area contributed by atoms with Gasteiger partial charge in [-0.3, -0.25) is 4.79 Å². The van der Waals surface area contributed by atoms with Gasteiger partial charge < -0.3 is 20.5 Å². The topological polar surface area (TPSA) is 105 Å². The van der Waals surface area contributed by atoms with Gasteiger partial charge in [0.15, 0.2) is 0 Å². The van der Waals surface area contributed by atoms with E-state index in [9.17, 15) is 19.5 Å². The minimum atomic E-state index is -1.29. The van der Waals surface area contributed by atoms with E-state index in [0.717, 1.165) is 22.3 Å². The van der Waals surface area contributed by atoms with Crippen LogP contribution >= 0.6 is 11.6 Å². The first-order valence-electron chi connectivity index (χ1n) is 11.2. The Bertz CT molecular complexity index is 1260. The second-order valence-corrected chi connectivity index (χ2v) is 9.00. The quantitative estimate of drug-likeness (QED) is 0.393. The zero-order valence-electron chi connectivity index (χ0n) is 19.3. The van der Waals surface area contributed by atoms with Gasteiger partial charge in [-0.1, -0.05) is 67.1 Å². The van der Waals surface area contributed by atoms with E-state index in [4.69, 9.17) is 16.3 Å². The average molecular weight is 493 g/mol. The van der Waals surface area contributed by atoms with Gasteiger partial charge in [-0.05, 0) is 53.8 Å². The Labute approximate surface area is 208 Å². The number of hydrogen-bond acceptors (Lipinski definition) is 4. The van der Waals surface area contributed by atoms with Crippen LogP contribution in [-0.2, 0) is 9.53 Å². The first-order valence-corrected chi connectivity index (χ1v) is 11.6. The third kappa shape index (κ3) is 4.86. The maximum atomic E-state index is 13.0. The van der Waals surface area contributed by atoms with Gasteiger partial charge in [0, 0.05) is 11.6 Å². The van der Waals surface area contributed by atoms with Crippen LogP contribution in [0.1, 0.15) is 47.7 Å². The predicted octanol–water partition coefficient (Wildman–Crippen LogP) is 5.68. The highest BCUT2D eigenvalue weighted by Gasteiger charge is 2.35. The molecule has 8 heteroatoms. The van der Waals surface area contributed by atoms with Crippen LogP contribution in [0, 0.1) is 0 Å². The third-order valence-electron chi connectivity index (χ3n) is 6.38. The van der Waals surface area contributed by atoms with Crippen molar-refractivity contribution >= 4 is 35.3 Å². The number of ether oxygens (including phenoxy) is 1. The van der Waals surface area contributed by atoms with E-state index < -0.39 is 23.5 Å². The Morgan fingerprint density at radius 2 is 1.60 bits per heavy atom. The molecule has 0 saturated carbocycles. The molecule has 0 aliphatic heterocycles. The van der Waals surface area contributed by atoms with Crippen molar-refractivity contribution in [1.29, 1.82) is 0 Å². The number of halogens is 1. The maximum Gasteiger partial charge on any atom is 0.408 e. The van der Waals surface area contributed by atoms with Crippen LogP contribution < -0.4 is 10.6 Å². The Morgan fingerprint density at radius 3 is 2.17 bits per heavy atom. The summed E-state index contributed by atoms with van der Waals surface area (Å²) in [5, 5.41) is 14.6. The lowest BCUT2D eigenvalue weighted by Crippen LogP contribution is -2.54. The number of hydrogen-bond donors (Lipinski definition) is 3. The van der Waals surface area contributed by atoms with Gasteiger partial charge in [-0.15, -0.1) is 0 Å². The SMILES string of the molecule is CCC(C)(NC(=O)OCC1c2ccccc2-c2ccccc21)C(=O)Nc1ccc(Cl)c(C(=O)O)c1. The van der Waals surface area contributed by atoms with Crippen LogP contribution in [0.5, 0.6) is 0 Å². The Balaban J connectivity index is 1.44. The van der Waals surface area contributed by atoms with E-state index in [0.29, 0.717) is 0 Å². The monoisotopic (exact) mass is 492 g/mol. The molecule has 4 rings (SSSR count). The number of rotatable bonds is 7. The molecule has 7 nitrogen and oxygen atoms in total. The number of fused-ring (bicyclic) bond motifs is 3. The smallest absolute Gasteiger partial charge is 0.408 e. The first kappa shape index (κ1) is 24.3. The molecule has 0 spiro atoms. The summed E-state index contributed by atoms with van der Waals surface area (Å²) in [4.78, 5) is 37.1. The van der Waals surface area contributed by atoms with Crippen molar-refractivity contribution in [1.82, 2.24) is 5.32 Å². The van der Waals surface area contributed by atoms with Crippen molar-refractivity contribution in [3.05, 3.63) is 88.4 Å². The summed E-state index contributed by atoms with van der Waals surface area (Å²) < 4.78 is 5.58. The van der Waals surface area contributed by atoms with Crippen molar-refractivity contribution in [2.75, 3.05) is 11.9 Å². The lowest BCUT2D eigenvalue weighted by Gasteiger charge is -2.28. The molecule has 0 radical (unpaired) electrons. The number of carbonyl (C=O) groups excluding carboxylic acids is 2. The van der Waals surface area contributed by atoms with Crippen LogP contribution in [-0.4, -0.2) is 35.2 Å². The molecule has 35 heavy (non-hydrogen) atoms. The summed E-state index contributed by atoms with van der Waals surface area (Å²) in [6, 6.07) is 20.2. The zero-order chi connectivity index (χ0) is 25.2. The Morgan fingerprint density at radius 1 is 1.00 bits per heavy atom. The molecule has 180 valence electrons. The van der Waals surface area contributed by atoms with Gasteiger partial charge in [0.2, 0.25) is 5.91 Å². The highest BCUT2D eigenvalue weighted by Crippen LogP contribution is 2.44. The van der Waals surface area contributed by atoms with Crippen molar-refractivity contribution in [3.8, 4) is 11.1 Å². The second-order valence-electron chi connectivity index (χ2n) is 8.59. The third-order valence-corrected chi connectivity index (χ3v) is 6.71. The fourth-order valence-corrected chi connectivity index (χ4v) is 4.40. The first-order chi connectivity index (χ1) is 16.7. The summed E-state index contributed by atoms with van der Waals surface area (Å²) in [5.41, 5.74) is 3.27. The largest absolute Gasteiger partial charge is 0.478 e. The number of aromatic carboxylic acids is 1. The van der Waals surface area contributed by atoms with Crippen molar-refractivity contribution < 1.29 is 24.2 Å². The summed E-state index contributed by atoms with van der Waals surface area (Å²) in [6.07, 6.45) is -0.434. The maximum absolute atomic E-state index is 13.0. The molecule has 0 heterocycles. The molecule has 0 aromatic heterocycles. The molecule has 3 aromatic rings. The minimum Gasteiger partial charge on any atom is -0.478 e. The highest BCUT2D eigenvalue weighted by molar-refractivity contribution is 6.33. The Hall–Kier alpha value is -3.84. The standard InChI is InChI=1S/C27H25ClN2O5/c1-3-27(2,25(33)29-16-12-13-23(28)21(14-16)24(31)32)30-26(34)35-15-22-19-10-6-4-8-17(19)18-9-5-7-11-20(18)22/h4-14,22H,3,15H2,1-2H3,(H,29,33)(H,30,34)(H,31,32). The van der Waals surface area contributed by atoms with Gasteiger partial charge in [-0.2, -0.15) is 0 Å². The number of benzene rings is 3. The van der Waals surface area contributed by atoms with E-state index in [2.05, 4.69) is 22.8 Å². The van der Waals surface area contributed by atoms with Crippen molar-refractivity contribution in [2.45, 2.75) is 31.7 Å². The Kier molecular flexibility index (Phi) is 6.80. The molecule has 0 fully saturated rings. The van der Waals surface area contributed by atoms with E-state index in [1.807, 2.05) is 36.4 Å². The fourth-order valence-electron chi connectivity index (χ4n) is 4.20. The van der Waals surface area contributed by atoms with Gasteiger partial charge in [0.25, 0.3) is 0 Å². The molecule has 1 unspecified atom stereocenters. The molecule has 0 saturated heterocycles. The molecule has 1 aliphatic carbocycles. The molecule has 3 N–H and O–H groups in total. The average Bonchev–Trinajstić information content (AvgIpc) is 3.17. The lowest BCUT2D eigenvalue weighted by molar-refractivity contribution is -0.121. The molecule has 0 bridgehead atoms. The van der Waals surface area contributed by atoms with E-state index in [1.165, 1.54) is 18.2 Å². The fraction of sp³-hybridized carbons (Fsp3) is 0.222. The number of carboxylic acid groups (broad SMARTS) is 1. The summed E-state index contributed by atoms with van der Waals surface area (Å²) in [5.74, 6) is -1.81. The summed E-state index contributed by atoms with van der Waals surface area (Å²) in [6.45, 7) is 3.46. The van der Waals surface area contributed by atoms with Crippen LogP contribution in [0.2, 0.25) is 5.02 Å². The zero-order valence-corrected chi connectivity index (χ0v) is 20.1. The number of alkyl carbamates (subject to hydrolysis) is 1. The van der Waals surface area contributed by atoms with Gasteiger partial charge in [0.1, 0.15) is 12.1 Å². The van der Waals surface area contributed by atoms with Crippen molar-refractivity contribution in [2.24, 2.45) is 0 Å². The number of amides is 2. The molecular weight excluding hydrogens is 468 g/mol. The molecular formula is C27H25ClN2O5. The van der Waals surface area contributed by atoms with Crippen LogP contribution in [0.4, 0.5) is 10.5 Å². The second kappa shape index (κ2) is 9.80. The number of nitrogens with one attached hydrogen (secondary N) is 2. The lowest BCUT2D eigenvalue weighted by atomic mass is 9.97. The van der Waals surface area contributed by atoms with Crippen LogP contribution in [0.15, 0.2) is 66.7 Å². The minimum absolute atomic E-state index is 0.0607. The molecule has 1 aliphatic rings. The van der Waals surface area contributed by atoms with E-state index >= 15 is 0 Å². The highest BCUT2D eigenvalue weighted by atomic mass is 35.5. The van der Waals surface area contributed by atoms with Gasteiger partial charge in [-0.25, -0.2) is 9.59 Å². The van der Waals surface area contributed by atoms with Gasteiger partial charge >= 0.3 is 12.1 Å². The van der Waals surface area contributed by atoms with Crippen LogP contribution in [0.3, 0.4) is 0 Å². The van der Waals surface area contributed by atoms with Crippen molar-refractivity contribution in [3.63, 3.8) is 0 Å². The van der Waals surface area contributed by atoms with E-state index in [1.54, 1.807) is 13.8 Å². The number of anilines is 1. The molecule has 2 amide bonds. The summed E-state index contributed by atoms with van der Waals surface area (Å²) >= 11 is 5.90. The van der Waals surface area contributed by atoms with Crippen LogP contribution in [0.25, 0.3) is 11.1 Å². The predicted molar refractivity (Wildman–Crippen MR) is 134 cm³/mol. The number of carboxylic acids is 1. The van der Waals surface area contributed by atoms with Gasteiger partial charge in [0.05, 0.1) is 10.6 Å². The summed E-state index contributed by atoms with van der Waals surface area (Å²) in [7, 11) is 0. The number of carbonyl (C=O) groups is 3.